The number of anilines is 2. The third-order valence-electron chi connectivity index (χ3n) is 3.62. The number of carbonyl (C=O) groups is 1. The molecule has 2 rings (SSSR count). The lowest BCUT2D eigenvalue weighted by Crippen LogP contribution is -2.24. The molecule has 0 heterocycles. The molecule has 1 aromatic carbocycles. The zero-order valence-electron chi connectivity index (χ0n) is 10.3. The fourth-order valence-electron chi connectivity index (χ4n) is 1.85. The molecule has 4 heteroatoms. The van der Waals surface area contributed by atoms with Gasteiger partial charge < -0.3 is 16.4 Å². The van der Waals surface area contributed by atoms with Gasteiger partial charge in [0.05, 0.1) is 0 Å². The summed E-state index contributed by atoms with van der Waals surface area (Å²) in [4.78, 5) is 10.7. The standard InChI is InChI=1S/C13H19N3O/c1-9(13(2)7-8-13)15-10-3-5-11(6-4-10)16-12(14)17/h3-6,9,15H,7-8H2,1-2H3,(H3,14,16,17). The van der Waals surface area contributed by atoms with Gasteiger partial charge in [0, 0.05) is 17.4 Å². The molecule has 1 fully saturated rings. The summed E-state index contributed by atoms with van der Waals surface area (Å²) in [6, 6.07) is 7.52. The van der Waals surface area contributed by atoms with Crippen LogP contribution >= 0.6 is 0 Å². The zero-order valence-corrected chi connectivity index (χ0v) is 10.3. The summed E-state index contributed by atoms with van der Waals surface area (Å²) in [7, 11) is 0. The van der Waals surface area contributed by atoms with Gasteiger partial charge in [0.15, 0.2) is 0 Å². The average molecular weight is 233 g/mol. The molecule has 1 saturated carbocycles. The van der Waals surface area contributed by atoms with Gasteiger partial charge in [-0.25, -0.2) is 4.79 Å². The van der Waals surface area contributed by atoms with Crippen LogP contribution < -0.4 is 16.4 Å². The van der Waals surface area contributed by atoms with E-state index in [1.54, 1.807) is 0 Å². The molecule has 1 aromatic rings. The fraction of sp³-hybridized carbons (Fsp3) is 0.462. The van der Waals surface area contributed by atoms with E-state index in [0.29, 0.717) is 17.1 Å². The maximum Gasteiger partial charge on any atom is 0.316 e. The first-order valence-electron chi connectivity index (χ1n) is 5.93. The highest BCUT2D eigenvalue weighted by Crippen LogP contribution is 2.48. The summed E-state index contributed by atoms with van der Waals surface area (Å²) in [5.41, 5.74) is 7.28. The van der Waals surface area contributed by atoms with Crippen LogP contribution in [0.5, 0.6) is 0 Å². The van der Waals surface area contributed by atoms with E-state index in [9.17, 15) is 4.79 Å². The van der Waals surface area contributed by atoms with Crippen molar-refractivity contribution in [2.45, 2.75) is 32.7 Å². The first-order valence-corrected chi connectivity index (χ1v) is 5.93. The van der Waals surface area contributed by atoms with E-state index >= 15 is 0 Å². The summed E-state index contributed by atoms with van der Waals surface area (Å²) < 4.78 is 0. The van der Waals surface area contributed by atoms with Gasteiger partial charge in [0.1, 0.15) is 0 Å². The number of rotatable bonds is 4. The van der Waals surface area contributed by atoms with E-state index in [0.717, 1.165) is 5.69 Å². The Balaban J connectivity index is 1.96. The van der Waals surface area contributed by atoms with E-state index in [1.165, 1.54) is 12.8 Å². The van der Waals surface area contributed by atoms with Crippen molar-refractivity contribution in [3.05, 3.63) is 24.3 Å². The Morgan fingerprint density at radius 3 is 2.29 bits per heavy atom. The van der Waals surface area contributed by atoms with Crippen molar-refractivity contribution >= 4 is 17.4 Å². The number of urea groups is 1. The van der Waals surface area contributed by atoms with Crippen molar-refractivity contribution in [1.82, 2.24) is 0 Å². The van der Waals surface area contributed by atoms with Crippen molar-refractivity contribution in [2.24, 2.45) is 11.1 Å². The van der Waals surface area contributed by atoms with Crippen molar-refractivity contribution in [3.8, 4) is 0 Å². The molecule has 4 nitrogen and oxygen atoms in total. The van der Waals surface area contributed by atoms with Gasteiger partial charge in [-0.2, -0.15) is 0 Å². The smallest absolute Gasteiger partial charge is 0.316 e. The summed E-state index contributed by atoms with van der Waals surface area (Å²) in [5, 5.41) is 6.02. The number of amides is 2. The topological polar surface area (TPSA) is 67.2 Å². The Bertz CT molecular complexity index is 409. The van der Waals surface area contributed by atoms with Gasteiger partial charge in [-0.05, 0) is 49.4 Å². The predicted octanol–water partition coefficient (Wildman–Crippen LogP) is 2.78. The Morgan fingerprint density at radius 2 is 1.82 bits per heavy atom. The van der Waals surface area contributed by atoms with Gasteiger partial charge in [-0.1, -0.05) is 6.92 Å². The van der Waals surface area contributed by atoms with Gasteiger partial charge in [-0.3, -0.25) is 0 Å². The van der Waals surface area contributed by atoms with Gasteiger partial charge in [0.25, 0.3) is 0 Å². The molecule has 1 atom stereocenters. The van der Waals surface area contributed by atoms with Crippen LogP contribution in [0.3, 0.4) is 0 Å². The molecule has 0 radical (unpaired) electrons. The lowest BCUT2D eigenvalue weighted by atomic mass is 10.0. The molecule has 92 valence electrons. The molecule has 0 aromatic heterocycles. The highest BCUT2D eigenvalue weighted by molar-refractivity contribution is 5.87. The summed E-state index contributed by atoms with van der Waals surface area (Å²) in [5.74, 6) is 0. The molecule has 1 aliphatic rings. The van der Waals surface area contributed by atoms with Gasteiger partial charge in [-0.15, -0.1) is 0 Å². The second-order valence-electron chi connectivity index (χ2n) is 5.09. The molecule has 0 aliphatic heterocycles. The maximum absolute atomic E-state index is 10.7. The number of hydrogen-bond acceptors (Lipinski definition) is 2. The second kappa shape index (κ2) is 4.28. The van der Waals surface area contributed by atoms with Crippen LogP contribution in [0.15, 0.2) is 24.3 Å². The molecule has 1 unspecified atom stereocenters. The van der Waals surface area contributed by atoms with Gasteiger partial charge in [0.2, 0.25) is 0 Å². The minimum atomic E-state index is -0.537. The first kappa shape index (κ1) is 11.8. The highest BCUT2D eigenvalue weighted by atomic mass is 16.2. The predicted molar refractivity (Wildman–Crippen MR) is 70.1 cm³/mol. The first-order chi connectivity index (χ1) is 7.99. The molecule has 2 amide bonds. The van der Waals surface area contributed by atoms with E-state index < -0.39 is 6.03 Å². The Labute approximate surface area is 102 Å². The van der Waals surface area contributed by atoms with Crippen molar-refractivity contribution in [2.75, 3.05) is 10.6 Å². The van der Waals surface area contributed by atoms with E-state index in [4.69, 9.17) is 5.73 Å². The van der Waals surface area contributed by atoms with Crippen molar-refractivity contribution < 1.29 is 4.79 Å². The van der Waals surface area contributed by atoms with Crippen LogP contribution in [0, 0.1) is 5.41 Å². The van der Waals surface area contributed by atoms with Crippen LogP contribution in [-0.4, -0.2) is 12.1 Å². The van der Waals surface area contributed by atoms with Crippen LogP contribution in [0.25, 0.3) is 0 Å². The molecule has 17 heavy (non-hydrogen) atoms. The third kappa shape index (κ3) is 2.90. The normalized spacial score (nSPS) is 18.2. The van der Waals surface area contributed by atoms with E-state index in [1.807, 2.05) is 24.3 Å². The quantitative estimate of drug-likeness (QED) is 0.748. The number of nitrogens with one attached hydrogen (secondary N) is 2. The summed E-state index contributed by atoms with van der Waals surface area (Å²) in [6.07, 6.45) is 2.59. The Hall–Kier alpha value is -1.71. The van der Waals surface area contributed by atoms with E-state index in [-0.39, 0.29) is 0 Å². The summed E-state index contributed by atoms with van der Waals surface area (Å²) in [6.45, 7) is 4.51. The number of benzene rings is 1. The van der Waals surface area contributed by atoms with E-state index in [2.05, 4.69) is 24.5 Å². The summed E-state index contributed by atoms with van der Waals surface area (Å²) >= 11 is 0. The number of primary amides is 1. The molecule has 0 saturated heterocycles. The van der Waals surface area contributed by atoms with Gasteiger partial charge >= 0.3 is 6.03 Å². The molecule has 0 bridgehead atoms. The average Bonchev–Trinajstić information content (AvgIpc) is 3.00. The second-order valence-corrected chi connectivity index (χ2v) is 5.09. The van der Waals surface area contributed by atoms with Crippen LogP contribution in [0.4, 0.5) is 16.2 Å². The van der Waals surface area contributed by atoms with Crippen molar-refractivity contribution in [3.63, 3.8) is 0 Å². The number of nitrogens with two attached hydrogens (primary N) is 1. The lowest BCUT2D eigenvalue weighted by molar-refractivity contribution is 0.259. The van der Waals surface area contributed by atoms with Crippen LogP contribution in [0.1, 0.15) is 26.7 Å². The van der Waals surface area contributed by atoms with Crippen molar-refractivity contribution in [1.29, 1.82) is 0 Å². The molecule has 4 N–H and O–H groups in total. The molecule has 0 spiro atoms. The molecule has 1 aliphatic carbocycles. The minimum absolute atomic E-state index is 0.449. The Kier molecular flexibility index (Phi) is 2.96. The monoisotopic (exact) mass is 233 g/mol. The number of carbonyl (C=O) groups excluding carboxylic acids is 1. The third-order valence-corrected chi connectivity index (χ3v) is 3.62. The minimum Gasteiger partial charge on any atom is -0.382 e. The molecular weight excluding hydrogens is 214 g/mol. The SMILES string of the molecule is CC(Nc1ccc(NC(N)=O)cc1)C1(C)CC1. The maximum atomic E-state index is 10.7. The Morgan fingerprint density at radius 1 is 1.29 bits per heavy atom. The molecular formula is C13H19N3O. The highest BCUT2D eigenvalue weighted by Gasteiger charge is 2.42. The van der Waals surface area contributed by atoms with Crippen LogP contribution in [0.2, 0.25) is 0 Å². The fourth-order valence-corrected chi connectivity index (χ4v) is 1.85. The number of hydrogen-bond donors (Lipinski definition) is 3. The largest absolute Gasteiger partial charge is 0.382 e. The van der Waals surface area contributed by atoms with Crippen LogP contribution in [-0.2, 0) is 0 Å². The zero-order chi connectivity index (χ0) is 12.5. The lowest BCUT2D eigenvalue weighted by Gasteiger charge is -2.21.